The maximum absolute atomic E-state index is 13.3. The van der Waals surface area contributed by atoms with Crippen molar-refractivity contribution in [1.29, 1.82) is 0 Å². The Morgan fingerprint density at radius 2 is 1.70 bits per heavy atom. The summed E-state index contributed by atoms with van der Waals surface area (Å²) >= 11 is 0. The highest BCUT2D eigenvalue weighted by atomic mass is 16.5. The fourth-order valence-corrected chi connectivity index (χ4v) is 6.20. The van der Waals surface area contributed by atoms with Crippen molar-refractivity contribution in [3.63, 3.8) is 0 Å². The molecule has 1 aromatic rings. The zero-order valence-corrected chi connectivity index (χ0v) is 22.3. The number of nitrogens with two attached hydrogens (primary N) is 1. The van der Waals surface area contributed by atoms with Crippen molar-refractivity contribution < 1.29 is 19.1 Å². The Morgan fingerprint density at radius 1 is 1.05 bits per heavy atom. The molecule has 0 unspecified atom stereocenters. The molecule has 2 aliphatic heterocycles. The van der Waals surface area contributed by atoms with Crippen LogP contribution in [-0.2, 0) is 25.5 Å². The summed E-state index contributed by atoms with van der Waals surface area (Å²) in [4.78, 5) is 41.4. The van der Waals surface area contributed by atoms with Crippen molar-refractivity contribution in [2.24, 2.45) is 22.5 Å². The molecule has 37 heavy (non-hydrogen) atoms. The molecule has 2 saturated heterocycles. The number of hydrogen-bond donors (Lipinski definition) is 3. The molecular weight excluding hydrogens is 468 g/mol. The number of ether oxygens (including phenoxy) is 1. The van der Waals surface area contributed by atoms with Crippen molar-refractivity contribution >= 4 is 17.7 Å². The van der Waals surface area contributed by atoms with Gasteiger partial charge in [-0.25, -0.2) is 0 Å². The van der Waals surface area contributed by atoms with Gasteiger partial charge < -0.3 is 26.0 Å². The van der Waals surface area contributed by atoms with E-state index >= 15 is 0 Å². The number of nitrogens with one attached hydrogen (secondary N) is 2. The van der Waals surface area contributed by atoms with E-state index in [0.29, 0.717) is 37.1 Å². The third kappa shape index (κ3) is 7.11. The molecular formula is C29H44N4O4. The molecule has 3 fully saturated rings. The first-order valence-electron chi connectivity index (χ1n) is 14.0. The van der Waals surface area contributed by atoms with Crippen LogP contribution in [0.4, 0.5) is 0 Å². The first-order chi connectivity index (χ1) is 17.8. The lowest BCUT2D eigenvalue weighted by Gasteiger charge is -2.41. The standard InChI is InChI=1S/C29H44N4O4/c1-28(13-17-37-18-14-28)21-33-15-9-23(10-16-33)20-31-25(34)24(19-22-7-3-2-4-8-22)32-27(36)29(26(30)35)11-5-6-12-29/h2-4,7-8,23-24H,5-6,9-21H2,1H3,(H2,30,35)(H,31,34)(H,32,36)/t24-/m1/s1. The van der Waals surface area contributed by atoms with Gasteiger partial charge in [0.2, 0.25) is 17.7 Å². The maximum atomic E-state index is 13.3. The number of carbonyl (C=O) groups is 3. The topological polar surface area (TPSA) is 114 Å². The summed E-state index contributed by atoms with van der Waals surface area (Å²) in [6.07, 6.45) is 7.17. The highest BCUT2D eigenvalue weighted by Gasteiger charge is 2.47. The largest absolute Gasteiger partial charge is 0.381 e. The van der Waals surface area contributed by atoms with Gasteiger partial charge in [-0.2, -0.15) is 0 Å². The van der Waals surface area contributed by atoms with Gasteiger partial charge >= 0.3 is 0 Å². The molecule has 1 saturated carbocycles. The van der Waals surface area contributed by atoms with Crippen LogP contribution in [0.15, 0.2) is 30.3 Å². The second-order valence-corrected chi connectivity index (χ2v) is 11.8. The van der Waals surface area contributed by atoms with Gasteiger partial charge in [0.1, 0.15) is 11.5 Å². The molecule has 4 N–H and O–H groups in total. The Morgan fingerprint density at radius 3 is 2.32 bits per heavy atom. The molecule has 4 rings (SSSR count). The Bertz CT molecular complexity index is 917. The maximum Gasteiger partial charge on any atom is 0.242 e. The van der Waals surface area contributed by atoms with Gasteiger partial charge in [-0.1, -0.05) is 50.1 Å². The summed E-state index contributed by atoms with van der Waals surface area (Å²) in [5.74, 6) is -0.791. The molecule has 1 atom stereocenters. The van der Waals surface area contributed by atoms with Crippen LogP contribution in [0.25, 0.3) is 0 Å². The molecule has 3 aliphatic rings. The summed E-state index contributed by atoms with van der Waals surface area (Å²) in [6.45, 7) is 7.89. The van der Waals surface area contributed by atoms with Crippen LogP contribution >= 0.6 is 0 Å². The normalized spacial score (nSPS) is 22.7. The number of hydrogen-bond acceptors (Lipinski definition) is 5. The highest BCUT2D eigenvalue weighted by molar-refractivity contribution is 6.05. The average molecular weight is 513 g/mol. The van der Waals surface area contributed by atoms with Crippen molar-refractivity contribution in [1.82, 2.24) is 15.5 Å². The number of carbonyl (C=O) groups excluding carboxylic acids is 3. The number of benzene rings is 1. The van der Waals surface area contributed by atoms with Gasteiger partial charge in [0.15, 0.2) is 0 Å². The van der Waals surface area contributed by atoms with Crippen LogP contribution in [0.2, 0.25) is 0 Å². The molecule has 0 radical (unpaired) electrons. The van der Waals surface area contributed by atoms with E-state index in [9.17, 15) is 14.4 Å². The van der Waals surface area contributed by atoms with Gasteiger partial charge in [-0.15, -0.1) is 0 Å². The van der Waals surface area contributed by atoms with Gasteiger partial charge in [0.25, 0.3) is 0 Å². The Balaban J connectivity index is 1.31. The average Bonchev–Trinajstić information content (AvgIpc) is 3.40. The Labute approximate surface area is 221 Å². The predicted molar refractivity (Wildman–Crippen MR) is 143 cm³/mol. The minimum atomic E-state index is -1.21. The van der Waals surface area contributed by atoms with Crippen LogP contribution in [0, 0.1) is 16.7 Å². The minimum Gasteiger partial charge on any atom is -0.381 e. The second-order valence-electron chi connectivity index (χ2n) is 11.8. The molecule has 1 aliphatic carbocycles. The molecule has 8 heteroatoms. The summed E-state index contributed by atoms with van der Waals surface area (Å²) < 4.78 is 5.54. The smallest absolute Gasteiger partial charge is 0.242 e. The van der Waals surface area contributed by atoms with E-state index in [1.54, 1.807) is 0 Å². The molecule has 0 bridgehead atoms. The molecule has 1 aromatic carbocycles. The fourth-order valence-electron chi connectivity index (χ4n) is 6.20. The molecule has 8 nitrogen and oxygen atoms in total. The zero-order valence-electron chi connectivity index (χ0n) is 22.3. The van der Waals surface area contributed by atoms with E-state index in [1.807, 2.05) is 30.3 Å². The van der Waals surface area contributed by atoms with Gasteiger partial charge in [0, 0.05) is 32.7 Å². The molecule has 0 aromatic heterocycles. The van der Waals surface area contributed by atoms with Crippen LogP contribution in [-0.4, -0.2) is 68.1 Å². The van der Waals surface area contributed by atoms with Crippen LogP contribution in [0.5, 0.6) is 0 Å². The van der Waals surface area contributed by atoms with Gasteiger partial charge in [0.05, 0.1) is 0 Å². The summed E-state index contributed by atoms with van der Waals surface area (Å²) in [5, 5.41) is 6.01. The molecule has 0 spiro atoms. The number of rotatable bonds is 10. The van der Waals surface area contributed by atoms with E-state index in [2.05, 4.69) is 22.5 Å². The summed E-state index contributed by atoms with van der Waals surface area (Å²) in [7, 11) is 0. The lowest BCUT2D eigenvalue weighted by Crippen LogP contribution is -2.55. The molecule has 204 valence electrons. The predicted octanol–water partition coefficient (Wildman–Crippen LogP) is 2.40. The van der Waals surface area contributed by atoms with Crippen LogP contribution < -0.4 is 16.4 Å². The number of amides is 3. The van der Waals surface area contributed by atoms with E-state index in [1.165, 1.54) is 0 Å². The molecule has 3 amide bonds. The first kappa shape index (κ1) is 27.6. The lowest BCUT2D eigenvalue weighted by atomic mass is 9.81. The summed E-state index contributed by atoms with van der Waals surface area (Å²) in [5.41, 5.74) is 5.75. The first-order valence-corrected chi connectivity index (χ1v) is 14.0. The van der Waals surface area contributed by atoms with E-state index in [0.717, 1.165) is 76.9 Å². The second kappa shape index (κ2) is 12.4. The van der Waals surface area contributed by atoms with Crippen LogP contribution in [0.3, 0.4) is 0 Å². The van der Waals surface area contributed by atoms with Crippen molar-refractivity contribution in [2.45, 2.75) is 70.8 Å². The lowest BCUT2D eigenvalue weighted by molar-refractivity contribution is -0.143. The van der Waals surface area contributed by atoms with Crippen molar-refractivity contribution in [3.8, 4) is 0 Å². The van der Waals surface area contributed by atoms with Crippen molar-refractivity contribution in [2.75, 3.05) is 39.4 Å². The third-order valence-electron chi connectivity index (χ3n) is 8.85. The molecule has 2 heterocycles. The van der Waals surface area contributed by atoms with Crippen molar-refractivity contribution in [3.05, 3.63) is 35.9 Å². The number of nitrogens with zero attached hydrogens (tertiary/aromatic N) is 1. The third-order valence-corrected chi connectivity index (χ3v) is 8.85. The summed E-state index contributed by atoms with van der Waals surface area (Å²) in [6, 6.07) is 8.90. The van der Waals surface area contributed by atoms with E-state index < -0.39 is 23.3 Å². The zero-order chi connectivity index (χ0) is 26.3. The SMILES string of the molecule is CC1(CN2CCC(CNC(=O)[C@@H](Cc3ccccc3)NC(=O)C3(C(N)=O)CCCC3)CC2)CCOCC1. The van der Waals surface area contributed by atoms with Gasteiger partial charge in [-0.05, 0) is 68.5 Å². The van der Waals surface area contributed by atoms with Gasteiger partial charge in [-0.3, -0.25) is 14.4 Å². The number of likely N-dealkylation sites (tertiary alicyclic amines) is 1. The Hall–Kier alpha value is -2.45. The number of primary amides is 1. The quantitative estimate of drug-likeness (QED) is 0.417. The number of piperidine rings is 1. The monoisotopic (exact) mass is 512 g/mol. The van der Waals surface area contributed by atoms with E-state index in [4.69, 9.17) is 10.5 Å². The van der Waals surface area contributed by atoms with E-state index in [-0.39, 0.29) is 5.91 Å². The highest BCUT2D eigenvalue weighted by Crippen LogP contribution is 2.38. The van der Waals surface area contributed by atoms with Crippen LogP contribution in [0.1, 0.15) is 63.9 Å². The Kier molecular flexibility index (Phi) is 9.24. The fraction of sp³-hybridized carbons (Fsp3) is 0.690. The minimum absolute atomic E-state index is 0.202.